The van der Waals surface area contributed by atoms with Crippen LogP contribution in [0.2, 0.25) is 0 Å². The van der Waals surface area contributed by atoms with Gasteiger partial charge in [0.05, 0.1) is 18.3 Å². The molecule has 0 amide bonds. The Labute approximate surface area is 114 Å². The summed E-state index contributed by atoms with van der Waals surface area (Å²) in [5, 5.41) is 12.0. The van der Waals surface area contributed by atoms with Gasteiger partial charge in [-0.3, -0.25) is 0 Å². The fraction of sp³-hybridized carbons (Fsp3) is 0.231. The summed E-state index contributed by atoms with van der Waals surface area (Å²) in [5.41, 5.74) is 1.53. The van der Waals surface area contributed by atoms with Gasteiger partial charge in [-0.2, -0.15) is 5.26 Å². The molecule has 92 valence electrons. The highest BCUT2D eigenvalue weighted by molar-refractivity contribution is 9.10. The lowest BCUT2D eigenvalue weighted by Crippen LogP contribution is -1.99. The first-order chi connectivity index (χ1) is 8.72. The van der Waals surface area contributed by atoms with Gasteiger partial charge in [0, 0.05) is 16.6 Å². The fourth-order valence-corrected chi connectivity index (χ4v) is 1.95. The monoisotopic (exact) mass is 305 g/mol. The number of aromatic nitrogens is 1. The molecule has 0 unspecified atom stereocenters. The van der Waals surface area contributed by atoms with Crippen molar-refractivity contribution in [1.29, 1.82) is 5.26 Å². The van der Waals surface area contributed by atoms with Gasteiger partial charge in [0.25, 0.3) is 0 Å². The first kappa shape index (κ1) is 12.7. The Morgan fingerprint density at radius 1 is 1.50 bits per heavy atom. The van der Waals surface area contributed by atoms with E-state index in [4.69, 9.17) is 9.68 Å². The molecule has 0 aliphatic heterocycles. The Balaban J connectivity index is 2.02. The molecule has 1 aromatic heterocycles. The molecule has 5 heteroatoms. The highest BCUT2D eigenvalue weighted by atomic mass is 79.9. The number of nitrogens with one attached hydrogen (secondary N) is 1. The number of hydrogen-bond donors (Lipinski definition) is 1. The molecule has 2 rings (SSSR count). The van der Waals surface area contributed by atoms with Gasteiger partial charge < -0.3 is 9.73 Å². The van der Waals surface area contributed by atoms with Crippen molar-refractivity contribution in [3.63, 3.8) is 0 Å². The van der Waals surface area contributed by atoms with Crippen LogP contribution in [0.3, 0.4) is 0 Å². The number of nitrogens with zero attached hydrogens (tertiary/aromatic N) is 2. The van der Waals surface area contributed by atoms with E-state index in [0.29, 0.717) is 18.0 Å². The van der Waals surface area contributed by atoms with Gasteiger partial charge in [0.1, 0.15) is 11.8 Å². The first-order valence-electron chi connectivity index (χ1n) is 5.60. The van der Waals surface area contributed by atoms with E-state index in [9.17, 15) is 0 Å². The second kappa shape index (κ2) is 5.69. The summed E-state index contributed by atoms with van der Waals surface area (Å²) in [6, 6.07) is 7.58. The molecule has 0 spiro atoms. The average Bonchev–Trinajstić information content (AvgIpc) is 2.84. The lowest BCUT2D eigenvalue weighted by Gasteiger charge is -2.05. The summed E-state index contributed by atoms with van der Waals surface area (Å²) < 4.78 is 6.27. The Bertz CT molecular complexity index is 586. The van der Waals surface area contributed by atoms with Crippen LogP contribution in [0.15, 0.2) is 33.3 Å². The van der Waals surface area contributed by atoms with Gasteiger partial charge >= 0.3 is 0 Å². The Morgan fingerprint density at radius 2 is 2.33 bits per heavy atom. The van der Waals surface area contributed by atoms with E-state index < -0.39 is 0 Å². The third-order valence-corrected chi connectivity index (χ3v) is 3.14. The lowest BCUT2D eigenvalue weighted by atomic mass is 10.2. The van der Waals surface area contributed by atoms with Crippen molar-refractivity contribution in [3.05, 3.63) is 46.1 Å². The maximum Gasteiger partial charge on any atom is 0.213 e. The van der Waals surface area contributed by atoms with Gasteiger partial charge in [-0.25, -0.2) is 4.98 Å². The summed E-state index contributed by atoms with van der Waals surface area (Å²) in [4.78, 5) is 4.17. The zero-order valence-electron chi connectivity index (χ0n) is 9.90. The number of halogens is 1. The number of aryl methyl sites for hydroxylation is 1. The van der Waals surface area contributed by atoms with Crippen LogP contribution in [0.4, 0.5) is 5.69 Å². The molecule has 0 fully saturated rings. The van der Waals surface area contributed by atoms with Crippen LogP contribution in [0.25, 0.3) is 0 Å². The summed E-state index contributed by atoms with van der Waals surface area (Å²) in [6.07, 6.45) is 2.58. The van der Waals surface area contributed by atoms with Crippen molar-refractivity contribution in [2.45, 2.75) is 19.9 Å². The highest BCUT2D eigenvalue weighted by Gasteiger charge is 2.04. The molecule has 18 heavy (non-hydrogen) atoms. The molecular formula is C13H12BrN3O. The zero-order chi connectivity index (χ0) is 13.0. The van der Waals surface area contributed by atoms with Crippen LogP contribution in [0.1, 0.15) is 24.1 Å². The minimum Gasteiger partial charge on any atom is -0.444 e. The lowest BCUT2D eigenvalue weighted by molar-refractivity contribution is 0.466. The van der Waals surface area contributed by atoms with E-state index in [1.807, 2.05) is 19.1 Å². The third-order valence-electron chi connectivity index (χ3n) is 2.48. The second-order valence-corrected chi connectivity index (χ2v) is 4.59. The van der Waals surface area contributed by atoms with Crippen molar-refractivity contribution in [2.24, 2.45) is 0 Å². The van der Waals surface area contributed by atoms with Gasteiger partial charge in [0.2, 0.25) is 5.89 Å². The van der Waals surface area contributed by atoms with Gasteiger partial charge in [-0.15, -0.1) is 0 Å². The Hall–Kier alpha value is -1.80. The number of anilines is 1. The van der Waals surface area contributed by atoms with Gasteiger partial charge in [-0.05, 0) is 34.1 Å². The Kier molecular flexibility index (Phi) is 4.00. The number of benzene rings is 1. The van der Waals surface area contributed by atoms with E-state index in [1.54, 1.807) is 12.3 Å². The van der Waals surface area contributed by atoms with Crippen LogP contribution < -0.4 is 5.32 Å². The molecule has 0 aliphatic rings. The molecule has 0 aliphatic carbocycles. The van der Waals surface area contributed by atoms with E-state index in [2.05, 4.69) is 32.3 Å². The largest absolute Gasteiger partial charge is 0.444 e. The molecule has 4 nitrogen and oxygen atoms in total. The van der Waals surface area contributed by atoms with E-state index in [0.717, 1.165) is 22.3 Å². The van der Waals surface area contributed by atoms with Crippen molar-refractivity contribution in [2.75, 3.05) is 5.32 Å². The molecule has 1 aromatic carbocycles. The first-order valence-corrected chi connectivity index (χ1v) is 6.39. The van der Waals surface area contributed by atoms with E-state index in [-0.39, 0.29) is 0 Å². The summed E-state index contributed by atoms with van der Waals surface area (Å²) in [7, 11) is 0. The number of oxazole rings is 1. The van der Waals surface area contributed by atoms with E-state index in [1.165, 1.54) is 0 Å². The minimum absolute atomic E-state index is 0.526. The van der Waals surface area contributed by atoms with Crippen LogP contribution >= 0.6 is 15.9 Å². The second-order valence-electron chi connectivity index (χ2n) is 3.73. The molecule has 0 saturated carbocycles. The zero-order valence-corrected chi connectivity index (χ0v) is 11.5. The summed E-state index contributed by atoms with van der Waals surface area (Å²) in [5.74, 6) is 1.54. The van der Waals surface area contributed by atoms with Gasteiger partial charge in [0.15, 0.2) is 0 Å². The highest BCUT2D eigenvalue weighted by Crippen LogP contribution is 2.21. The van der Waals surface area contributed by atoms with Crippen LogP contribution in [0, 0.1) is 11.3 Å². The molecular weight excluding hydrogens is 294 g/mol. The topological polar surface area (TPSA) is 61.9 Å². The number of nitriles is 1. The van der Waals surface area contributed by atoms with Crippen molar-refractivity contribution in [3.8, 4) is 6.07 Å². The number of rotatable bonds is 4. The quantitative estimate of drug-likeness (QED) is 0.939. The van der Waals surface area contributed by atoms with E-state index >= 15 is 0 Å². The van der Waals surface area contributed by atoms with Gasteiger partial charge in [-0.1, -0.05) is 6.92 Å². The van der Waals surface area contributed by atoms with Crippen molar-refractivity contribution in [1.82, 2.24) is 4.98 Å². The molecule has 2 aromatic rings. The average molecular weight is 306 g/mol. The number of hydrogen-bond acceptors (Lipinski definition) is 4. The fourth-order valence-electron chi connectivity index (χ4n) is 1.49. The summed E-state index contributed by atoms with van der Waals surface area (Å²) in [6.45, 7) is 2.55. The van der Waals surface area contributed by atoms with Crippen LogP contribution in [-0.2, 0) is 13.0 Å². The van der Waals surface area contributed by atoms with Crippen LogP contribution in [0.5, 0.6) is 0 Å². The standard InChI is InChI=1S/C13H12BrN3O/c1-2-11-7-17-13(18-11)8-16-10-4-3-9(6-15)12(14)5-10/h3-5,7,16H,2,8H2,1H3. The predicted octanol–water partition coefficient (Wildman–Crippen LogP) is 3.48. The SMILES string of the molecule is CCc1cnc(CNc2ccc(C#N)c(Br)c2)o1. The van der Waals surface area contributed by atoms with Crippen molar-refractivity contribution >= 4 is 21.6 Å². The molecule has 0 atom stereocenters. The maximum absolute atomic E-state index is 8.82. The normalized spacial score (nSPS) is 10.1. The molecule has 0 radical (unpaired) electrons. The van der Waals surface area contributed by atoms with Crippen LogP contribution in [-0.4, -0.2) is 4.98 Å². The Morgan fingerprint density at radius 3 is 2.94 bits per heavy atom. The third kappa shape index (κ3) is 2.90. The minimum atomic E-state index is 0.526. The van der Waals surface area contributed by atoms with Crippen molar-refractivity contribution < 1.29 is 4.42 Å². The molecule has 1 heterocycles. The molecule has 0 bridgehead atoms. The molecule has 1 N–H and O–H groups in total. The smallest absolute Gasteiger partial charge is 0.213 e. The maximum atomic E-state index is 8.82. The summed E-state index contributed by atoms with van der Waals surface area (Å²) >= 11 is 3.35. The predicted molar refractivity (Wildman–Crippen MR) is 72.1 cm³/mol. The molecule has 0 saturated heterocycles.